The maximum absolute atomic E-state index is 10.4. The van der Waals surface area contributed by atoms with E-state index in [9.17, 15) is 5.11 Å². The van der Waals surface area contributed by atoms with Crippen LogP contribution in [0.15, 0.2) is 54.6 Å². The monoisotopic (exact) mass is 311 g/mol. The highest BCUT2D eigenvalue weighted by Crippen LogP contribution is 2.23. The van der Waals surface area contributed by atoms with Crippen LogP contribution in [-0.4, -0.2) is 29.6 Å². The van der Waals surface area contributed by atoms with Crippen LogP contribution >= 0.6 is 0 Å². The first-order valence-corrected chi connectivity index (χ1v) is 8.80. The quantitative estimate of drug-likeness (QED) is 0.712. The molecule has 2 nitrogen and oxygen atoms in total. The summed E-state index contributed by atoms with van der Waals surface area (Å²) in [6.45, 7) is 7.62. The lowest BCUT2D eigenvalue weighted by Gasteiger charge is -2.22. The van der Waals surface area contributed by atoms with Crippen LogP contribution in [0.5, 0.6) is 0 Å². The fraction of sp³-hybridized carbons (Fsp3) is 0.429. The molecule has 1 N–H and O–H groups in total. The Bertz CT molecular complexity index is 544. The molecule has 0 saturated heterocycles. The Labute approximate surface area is 140 Å². The summed E-state index contributed by atoms with van der Waals surface area (Å²) in [5.74, 6) is 0. The van der Waals surface area contributed by atoms with Gasteiger partial charge < -0.3 is 10.0 Å². The Morgan fingerprint density at radius 1 is 0.783 bits per heavy atom. The average molecular weight is 311 g/mol. The second kappa shape index (κ2) is 9.49. The number of benzene rings is 2. The van der Waals surface area contributed by atoms with E-state index in [1.54, 1.807) is 0 Å². The second-order valence-electron chi connectivity index (χ2n) is 6.13. The van der Waals surface area contributed by atoms with Gasteiger partial charge in [-0.2, -0.15) is 0 Å². The molecule has 0 radical (unpaired) electrons. The third-order valence-electron chi connectivity index (χ3n) is 4.20. The molecule has 0 aromatic heterocycles. The third-order valence-corrected chi connectivity index (χ3v) is 4.20. The molecule has 1 atom stereocenters. The van der Waals surface area contributed by atoms with Gasteiger partial charge in [0.05, 0.1) is 6.10 Å². The fourth-order valence-electron chi connectivity index (χ4n) is 2.97. The Morgan fingerprint density at radius 2 is 1.35 bits per heavy atom. The molecule has 0 heterocycles. The van der Waals surface area contributed by atoms with Gasteiger partial charge in [0.25, 0.3) is 0 Å². The van der Waals surface area contributed by atoms with E-state index in [0.717, 1.165) is 31.6 Å². The van der Waals surface area contributed by atoms with Crippen LogP contribution in [0, 0.1) is 0 Å². The van der Waals surface area contributed by atoms with Crippen LogP contribution < -0.4 is 0 Å². The third kappa shape index (κ3) is 5.49. The lowest BCUT2D eigenvalue weighted by Crippen LogP contribution is -2.27. The highest BCUT2D eigenvalue weighted by molar-refractivity contribution is 5.63. The van der Waals surface area contributed by atoms with Crippen molar-refractivity contribution < 1.29 is 5.11 Å². The maximum Gasteiger partial charge on any atom is 0.0802 e. The van der Waals surface area contributed by atoms with Gasteiger partial charge in [0.2, 0.25) is 0 Å². The molecule has 2 rings (SSSR count). The van der Waals surface area contributed by atoms with Crippen molar-refractivity contribution in [2.75, 3.05) is 19.6 Å². The minimum absolute atomic E-state index is 0.379. The van der Waals surface area contributed by atoms with E-state index < -0.39 is 0 Å². The van der Waals surface area contributed by atoms with Crippen molar-refractivity contribution in [1.29, 1.82) is 0 Å². The first-order valence-electron chi connectivity index (χ1n) is 8.80. The highest BCUT2D eigenvalue weighted by Gasteiger charge is 2.10. The molecule has 0 aliphatic carbocycles. The molecule has 2 aromatic rings. The van der Waals surface area contributed by atoms with E-state index in [1.165, 1.54) is 24.0 Å². The predicted octanol–water partition coefficient (Wildman–Crippen LogP) is 4.90. The molecule has 0 bridgehead atoms. The van der Waals surface area contributed by atoms with Crippen molar-refractivity contribution in [2.24, 2.45) is 0 Å². The zero-order valence-corrected chi connectivity index (χ0v) is 14.4. The zero-order valence-electron chi connectivity index (χ0n) is 14.4. The molecule has 2 heteroatoms. The number of rotatable bonds is 9. The first kappa shape index (κ1) is 17.7. The van der Waals surface area contributed by atoms with Gasteiger partial charge in [-0.15, -0.1) is 0 Å². The molecule has 124 valence electrons. The van der Waals surface area contributed by atoms with Crippen LogP contribution in [0.4, 0.5) is 0 Å². The van der Waals surface area contributed by atoms with Crippen molar-refractivity contribution >= 4 is 0 Å². The Kier molecular flexibility index (Phi) is 7.31. The Balaban J connectivity index is 1.93. The summed E-state index contributed by atoms with van der Waals surface area (Å²) in [7, 11) is 0. The van der Waals surface area contributed by atoms with Crippen molar-refractivity contribution in [3.05, 3.63) is 60.2 Å². The first-order chi connectivity index (χ1) is 11.2. The second-order valence-corrected chi connectivity index (χ2v) is 6.13. The number of hydrogen-bond donors (Lipinski definition) is 1. The normalized spacial score (nSPS) is 12.5. The summed E-state index contributed by atoms with van der Waals surface area (Å²) in [4.78, 5) is 2.45. The molecule has 0 aliphatic heterocycles. The fourth-order valence-corrected chi connectivity index (χ4v) is 2.97. The lowest BCUT2D eigenvalue weighted by atomic mass is 10.0. The standard InChI is InChI=1S/C21H29NO/c1-3-15-22(16-4-2)17-14-21(23)20-12-10-19(11-13-20)18-8-6-5-7-9-18/h5-13,21,23H,3-4,14-17H2,1-2H3. The van der Waals surface area contributed by atoms with E-state index in [1.807, 2.05) is 18.2 Å². The summed E-state index contributed by atoms with van der Waals surface area (Å²) in [6.07, 6.45) is 2.75. The van der Waals surface area contributed by atoms with Crippen LogP contribution in [-0.2, 0) is 0 Å². The molecule has 1 unspecified atom stereocenters. The molecular weight excluding hydrogens is 282 g/mol. The summed E-state index contributed by atoms with van der Waals surface area (Å²) in [5, 5.41) is 10.4. The van der Waals surface area contributed by atoms with Gasteiger partial charge in [-0.3, -0.25) is 0 Å². The molecule has 0 saturated carbocycles. The topological polar surface area (TPSA) is 23.5 Å². The van der Waals surface area contributed by atoms with Gasteiger partial charge in [-0.25, -0.2) is 0 Å². The lowest BCUT2D eigenvalue weighted by molar-refractivity contribution is 0.141. The van der Waals surface area contributed by atoms with Gasteiger partial charge >= 0.3 is 0 Å². The van der Waals surface area contributed by atoms with Crippen molar-refractivity contribution in [3.63, 3.8) is 0 Å². The van der Waals surface area contributed by atoms with Gasteiger partial charge in [0.1, 0.15) is 0 Å². The Hall–Kier alpha value is -1.64. The largest absolute Gasteiger partial charge is 0.388 e. The Morgan fingerprint density at radius 3 is 1.91 bits per heavy atom. The molecule has 0 fully saturated rings. The number of aliphatic hydroxyl groups excluding tert-OH is 1. The van der Waals surface area contributed by atoms with E-state index in [-0.39, 0.29) is 6.10 Å². The van der Waals surface area contributed by atoms with E-state index >= 15 is 0 Å². The summed E-state index contributed by atoms with van der Waals surface area (Å²) < 4.78 is 0. The number of hydrogen-bond acceptors (Lipinski definition) is 2. The van der Waals surface area contributed by atoms with Crippen LogP contribution in [0.25, 0.3) is 11.1 Å². The van der Waals surface area contributed by atoms with Gasteiger partial charge in [-0.1, -0.05) is 68.4 Å². The molecule has 23 heavy (non-hydrogen) atoms. The van der Waals surface area contributed by atoms with Gasteiger partial charge in [-0.05, 0) is 49.0 Å². The highest BCUT2D eigenvalue weighted by atomic mass is 16.3. The van der Waals surface area contributed by atoms with Crippen molar-refractivity contribution in [3.8, 4) is 11.1 Å². The van der Waals surface area contributed by atoms with Crippen LogP contribution in [0.3, 0.4) is 0 Å². The maximum atomic E-state index is 10.4. The van der Waals surface area contributed by atoms with Crippen molar-refractivity contribution in [2.45, 2.75) is 39.2 Å². The van der Waals surface area contributed by atoms with Gasteiger partial charge in [0, 0.05) is 6.54 Å². The smallest absolute Gasteiger partial charge is 0.0802 e. The minimum atomic E-state index is -0.379. The predicted molar refractivity (Wildman–Crippen MR) is 98.5 cm³/mol. The molecule has 0 aliphatic rings. The molecule has 2 aromatic carbocycles. The summed E-state index contributed by atoms with van der Waals surface area (Å²) in [6, 6.07) is 18.7. The molecule has 0 spiro atoms. The van der Waals surface area contributed by atoms with E-state index in [4.69, 9.17) is 0 Å². The number of nitrogens with zero attached hydrogens (tertiary/aromatic N) is 1. The zero-order chi connectivity index (χ0) is 16.5. The van der Waals surface area contributed by atoms with Crippen LogP contribution in [0.2, 0.25) is 0 Å². The molecule has 0 amide bonds. The number of aliphatic hydroxyl groups is 1. The minimum Gasteiger partial charge on any atom is -0.388 e. The summed E-state index contributed by atoms with van der Waals surface area (Å²) in [5.41, 5.74) is 3.42. The van der Waals surface area contributed by atoms with E-state index in [0.29, 0.717) is 0 Å². The average Bonchev–Trinajstić information content (AvgIpc) is 2.61. The SMILES string of the molecule is CCCN(CCC)CCC(O)c1ccc(-c2ccccc2)cc1. The van der Waals surface area contributed by atoms with Crippen molar-refractivity contribution in [1.82, 2.24) is 4.90 Å². The molecular formula is C21H29NO. The van der Waals surface area contributed by atoms with Crippen LogP contribution in [0.1, 0.15) is 44.8 Å². The van der Waals surface area contributed by atoms with E-state index in [2.05, 4.69) is 55.1 Å². The van der Waals surface area contributed by atoms with Gasteiger partial charge in [0.15, 0.2) is 0 Å². The summed E-state index contributed by atoms with van der Waals surface area (Å²) >= 11 is 0.